The molecule has 1 N–H and O–H groups in total. The van der Waals surface area contributed by atoms with E-state index >= 15 is 0 Å². The molecule has 4 nitrogen and oxygen atoms in total. The smallest absolute Gasteiger partial charge is 0.321 e. The van der Waals surface area contributed by atoms with Crippen molar-refractivity contribution in [3.05, 3.63) is 63.3 Å². The Morgan fingerprint density at radius 1 is 1.11 bits per heavy atom. The number of carbonyl (C=O) groups excluding carboxylic acids is 1. The first-order valence-corrected chi connectivity index (χ1v) is 10.0. The highest BCUT2D eigenvalue weighted by molar-refractivity contribution is 6.35. The summed E-state index contributed by atoms with van der Waals surface area (Å²) in [4.78, 5) is 16.6. The Bertz CT molecular complexity index is 803. The predicted octanol–water partition coefficient (Wildman–Crippen LogP) is 5.80. The van der Waals surface area contributed by atoms with Crippen molar-refractivity contribution in [2.24, 2.45) is 0 Å². The van der Waals surface area contributed by atoms with Crippen molar-refractivity contribution >= 4 is 46.5 Å². The summed E-state index contributed by atoms with van der Waals surface area (Å²) in [5.41, 5.74) is 2.60. The van der Waals surface area contributed by atoms with Crippen LogP contribution in [-0.2, 0) is 0 Å². The third-order valence-electron chi connectivity index (χ3n) is 4.63. The molecule has 0 saturated carbocycles. The fourth-order valence-corrected chi connectivity index (χ4v) is 4.23. The molecule has 2 amide bonds. The van der Waals surface area contributed by atoms with Crippen LogP contribution < -0.4 is 5.32 Å². The van der Waals surface area contributed by atoms with Crippen molar-refractivity contribution in [3.63, 3.8) is 0 Å². The third-order valence-corrected chi connectivity index (χ3v) is 5.51. The lowest BCUT2D eigenvalue weighted by Crippen LogP contribution is -2.38. The summed E-state index contributed by atoms with van der Waals surface area (Å²) in [6, 6.07) is 7.01. The molecule has 0 unspecified atom stereocenters. The molecule has 7 heteroatoms. The van der Waals surface area contributed by atoms with Crippen molar-refractivity contribution in [3.8, 4) is 0 Å². The number of urea groups is 1. The summed E-state index contributed by atoms with van der Waals surface area (Å²) in [5, 5.41) is 4.88. The van der Waals surface area contributed by atoms with Crippen LogP contribution in [-0.4, -0.2) is 42.0 Å². The number of allylic oxidation sites excluding steroid dienone is 4. The van der Waals surface area contributed by atoms with E-state index in [-0.39, 0.29) is 6.03 Å². The Kier molecular flexibility index (Phi) is 6.74. The van der Waals surface area contributed by atoms with Gasteiger partial charge >= 0.3 is 6.03 Å². The molecular formula is C20H22Cl3N3O. The quantitative estimate of drug-likeness (QED) is 0.606. The van der Waals surface area contributed by atoms with Crippen molar-refractivity contribution in [1.82, 2.24) is 9.80 Å². The molecular weight excluding hydrogens is 405 g/mol. The van der Waals surface area contributed by atoms with E-state index in [2.05, 4.69) is 16.8 Å². The standard InChI is InChI=1S/C20H22Cl3N3O/c1-14-6-7-17(22)19(18(23)12-14)25-8-3-9-26(11-10-25)20(27)24-16-5-2-4-15(21)13-16/h2,4-5,7,13H,1,3,6,8-12H2,(H,24,27). The van der Waals surface area contributed by atoms with Crippen LogP contribution in [0, 0.1) is 0 Å². The van der Waals surface area contributed by atoms with Crippen LogP contribution in [0.2, 0.25) is 5.02 Å². The van der Waals surface area contributed by atoms with Crippen LogP contribution in [0.25, 0.3) is 0 Å². The predicted molar refractivity (Wildman–Crippen MR) is 113 cm³/mol. The highest BCUT2D eigenvalue weighted by atomic mass is 35.5. The maximum Gasteiger partial charge on any atom is 0.321 e. The molecule has 1 aliphatic carbocycles. The fraction of sp³-hybridized carbons (Fsp3) is 0.350. The Balaban J connectivity index is 1.67. The number of rotatable bonds is 2. The van der Waals surface area contributed by atoms with Crippen LogP contribution in [0.1, 0.15) is 19.3 Å². The molecule has 1 heterocycles. The number of carbonyl (C=O) groups is 1. The van der Waals surface area contributed by atoms with E-state index in [0.717, 1.165) is 35.7 Å². The van der Waals surface area contributed by atoms with E-state index in [0.29, 0.717) is 41.8 Å². The van der Waals surface area contributed by atoms with Gasteiger partial charge in [-0.15, -0.1) is 0 Å². The molecule has 2 aliphatic rings. The van der Waals surface area contributed by atoms with Crippen LogP contribution >= 0.6 is 34.8 Å². The number of benzene rings is 1. The minimum atomic E-state index is -0.130. The molecule has 1 aliphatic heterocycles. The second-order valence-electron chi connectivity index (χ2n) is 6.70. The van der Waals surface area contributed by atoms with Gasteiger partial charge in [-0.25, -0.2) is 4.79 Å². The summed E-state index contributed by atoms with van der Waals surface area (Å²) in [6.45, 7) is 6.75. The van der Waals surface area contributed by atoms with Gasteiger partial charge in [0.05, 0.1) is 10.7 Å². The zero-order valence-corrected chi connectivity index (χ0v) is 17.2. The number of amides is 2. The summed E-state index contributed by atoms with van der Waals surface area (Å²) in [7, 11) is 0. The Morgan fingerprint density at radius 3 is 2.70 bits per heavy atom. The maximum atomic E-state index is 12.6. The van der Waals surface area contributed by atoms with Gasteiger partial charge in [-0.2, -0.15) is 0 Å². The molecule has 0 radical (unpaired) electrons. The van der Waals surface area contributed by atoms with Gasteiger partial charge in [-0.1, -0.05) is 59.1 Å². The molecule has 1 aromatic carbocycles. The Hall–Kier alpha value is -1.62. The van der Waals surface area contributed by atoms with Crippen LogP contribution in [0.3, 0.4) is 0 Å². The highest BCUT2D eigenvalue weighted by Crippen LogP contribution is 2.34. The zero-order chi connectivity index (χ0) is 19.4. The van der Waals surface area contributed by atoms with E-state index in [9.17, 15) is 4.79 Å². The normalized spacial score (nSPS) is 18.8. The number of anilines is 1. The number of nitrogens with one attached hydrogen (secondary N) is 1. The van der Waals surface area contributed by atoms with Gasteiger partial charge in [0.15, 0.2) is 0 Å². The van der Waals surface area contributed by atoms with E-state index in [1.807, 2.05) is 23.1 Å². The Morgan fingerprint density at radius 2 is 1.93 bits per heavy atom. The maximum absolute atomic E-state index is 12.6. The SMILES string of the molecule is C=C1CC=C(Cl)C(N2CCCN(C(=O)Nc3cccc(Cl)c3)CC2)=C(Cl)C1. The molecule has 1 saturated heterocycles. The lowest BCUT2D eigenvalue weighted by molar-refractivity contribution is 0.213. The second-order valence-corrected chi connectivity index (χ2v) is 8.00. The average molecular weight is 427 g/mol. The summed E-state index contributed by atoms with van der Waals surface area (Å²) in [6.07, 6.45) is 4.17. The summed E-state index contributed by atoms with van der Waals surface area (Å²) >= 11 is 19.0. The van der Waals surface area contributed by atoms with Gasteiger partial charge in [0.1, 0.15) is 0 Å². The van der Waals surface area contributed by atoms with Crippen LogP contribution in [0.4, 0.5) is 10.5 Å². The number of hydrogen-bond donors (Lipinski definition) is 1. The third kappa shape index (κ3) is 5.22. The highest BCUT2D eigenvalue weighted by Gasteiger charge is 2.24. The Labute approximate surface area is 175 Å². The zero-order valence-electron chi connectivity index (χ0n) is 15.0. The van der Waals surface area contributed by atoms with E-state index < -0.39 is 0 Å². The molecule has 0 spiro atoms. The average Bonchev–Trinajstić information content (AvgIpc) is 2.92. The van der Waals surface area contributed by atoms with Crippen molar-refractivity contribution in [2.45, 2.75) is 19.3 Å². The van der Waals surface area contributed by atoms with E-state index in [1.54, 1.807) is 12.1 Å². The fourth-order valence-electron chi connectivity index (χ4n) is 3.27. The number of nitrogens with zero attached hydrogens (tertiary/aromatic N) is 2. The lowest BCUT2D eigenvalue weighted by Gasteiger charge is -2.27. The van der Waals surface area contributed by atoms with Crippen molar-refractivity contribution in [2.75, 3.05) is 31.5 Å². The van der Waals surface area contributed by atoms with Crippen molar-refractivity contribution in [1.29, 1.82) is 0 Å². The van der Waals surface area contributed by atoms with Gasteiger partial charge in [0, 0.05) is 48.3 Å². The molecule has 27 heavy (non-hydrogen) atoms. The van der Waals surface area contributed by atoms with Gasteiger partial charge in [0.25, 0.3) is 0 Å². The summed E-state index contributed by atoms with van der Waals surface area (Å²) in [5.74, 6) is 0. The molecule has 0 atom stereocenters. The van der Waals surface area contributed by atoms with E-state index in [1.165, 1.54) is 0 Å². The molecule has 0 aromatic heterocycles. The number of halogens is 3. The first kappa shape index (κ1) is 20.1. The van der Waals surface area contributed by atoms with E-state index in [4.69, 9.17) is 34.8 Å². The molecule has 0 bridgehead atoms. The van der Waals surface area contributed by atoms with Crippen LogP contribution in [0.5, 0.6) is 0 Å². The second kappa shape index (κ2) is 9.05. The van der Waals surface area contributed by atoms with Gasteiger partial charge in [-0.05, 0) is 31.0 Å². The summed E-state index contributed by atoms with van der Waals surface area (Å²) < 4.78 is 0. The lowest BCUT2D eigenvalue weighted by atomic mass is 10.1. The van der Waals surface area contributed by atoms with Gasteiger partial charge < -0.3 is 15.1 Å². The first-order chi connectivity index (χ1) is 12.9. The first-order valence-electron chi connectivity index (χ1n) is 8.92. The molecule has 1 aromatic rings. The minimum Gasteiger partial charge on any atom is -0.368 e. The largest absolute Gasteiger partial charge is 0.368 e. The van der Waals surface area contributed by atoms with Gasteiger partial charge in [0.2, 0.25) is 0 Å². The monoisotopic (exact) mass is 425 g/mol. The van der Waals surface area contributed by atoms with Crippen molar-refractivity contribution < 1.29 is 4.79 Å². The molecule has 144 valence electrons. The number of hydrogen-bond acceptors (Lipinski definition) is 2. The minimum absolute atomic E-state index is 0.130. The topological polar surface area (TPSA) is 35.6 Å². The van der Waals surface area contributed by atoms with Crippen LogP contribution in [0.15, 0.2) is 58.3 Å². The molecule has 3 rings (SSSR count). The van der Waals surface area contributed by atoms with Gasteiger partial charge in [-0.3, -0.25) is 0 Å². The molecule has 1 fully saturated rings.